The van der Waals surface area contributed by atoms with Crippen LogP contribution in [0.5, 0.6) is 0 Å². The van der Waals surface area contributed by atoms with E-state index in [1.54, 1.807) is 6.92 Å². The third-order valence-electron chi connectivity index (χ3n) is 4.13. The lowest BCUT2D eigenvalue weighted by Crippen LogP contribution is -2.43. The van der Waals surface area contributed by atoms with Crippen LogP contribution in [0.1, 0.15) is 44.1 Å². The molecule has 3 heteroatoms. The predicted octanol–water partition coefficient (Wildman–Crippen LogP) is 3.00. The number of hydrogen-bond acceptors (Lipinski definition) is 2. The largest absolute Gasteiger partial charge is 0.480 e. The summed E-state index contributed by atoms with van der Waals surface area (Å²) in [7, 11) is 0. The number of Topliss-reactive ketones (excluding diaryl/α,β-unsaturated/α-hetero) is 1. The van der Waals surface area contributed by atoms with Crippen LogP contribution in [-0.4, -0.2) is 16.9 Å². The van der Waals surface area contributed by atoms with Gasteiger partial charge in [0.1, 0.15) is 11.2 Å². The summed E-state index contributed by atoms with van der Waals surface area (Å²) >= 11 is 0. The van der Waals surface area contributed by atoms with Gasteiger partial charge in [-0.1, -0.05) is 37.3 Å². The molecule has 1 N–H and O–H groups in total. The second-order valence-electron chi connectivity index (χ2n) is 5.01. The minimum Gasteiger partial charge on any atom is -0.480 e. The molecule has 1 aliphatic carbocycles. The van der Waals surface area contributed by atoms with Crippen LogP contribution in [0, 0.1) is 5.41 Å². The average molecular weight is 246 g/mol. The van der Waals surface area contributed by atoms with Crippen molar-refractivity contribution in [3.63, 3.8) is 0 Å². The number of carbonyl (C=O) groups is 2. The summed E-state index contributed by atoms with van der Waals surface area (Å²) in [4.78, 5) is 23.5. The maximum absolute atomic E-state index is 12.0. The molecule has 1 aromatic rings. The highest BCUT2D eigenvalue weighted by molar-refractivity contribution is 6.03. The van der Waals surface area contributed by atoms with E-state index < -0.39 is 11.4 Å². The Kier molecular flexibility index (Phi) is 3.50. The Hall–Kier alpha value is -1.64. The van der Waals surface area contributed by atoms with Gasteiger partial charge in [0.25, 0.3) is 0 Å². The molecule has 0 aliphatic heterocycles. The smallest absolute Gasteiger partial charge is 0.317 e. The van der Waals surface area contributed by atoms with Gasteiger partial charge in [0.2, 0.25) is 0 Å². The van der Waals surface area contributed by atoms with Gasteiger partial charge in [0, 0.05) is 6.42 Å². The molecule has 2 atom stereocenters. The summed E-state index contributed by atoms with van der Waals surface area (Å²) < 4.78 is 0. The maximum Gasteiger partial charge on any atom is 0.317 e. The first kappa shape index (κ1) is 12.8. The molecule has 1 fully saturated rings. The fourth-order valence-corrected chi connectivity index (χ4v) is 2.89. The minimum atomic E-state index is -1.17. The van der Waals surface area contributed by atoms with Crippen LogP contribution in [0.4, 0.5) is 0 Å². The molecule has 0 radical (unpaired) electrons. The van der Waals surface area contributed by atoms with Crippen molar-refractivity contribution in [3.05, 3.63) is 35.9 Å². The molecule has 1 saturated carbocycles. The van der Waals surface area contributed by atoms with Crippen molar-refractivity contribution in [3.8, 4) is 0 Å². The van der Waals surface area contributed by atoms with E-state index >= 15 is 0 Å². The summed E-state index contributed by atoms with van der Waals surface area (Å²) in [5.41, 5.74) is -0.0252. The van der Waals surface area contributed by atoms with E-state index in [4.69, 9.17) is 0 Å². The number of hydrogen-bond donors (Lipinski definition) is 1. The number of carboxylic acid groups (broad SMARTS) is 1. The normalized spacial score (nSPS) is 28.1. The van der Waals surface area contributed by atoms with Crippen LogP contribution in [-0.2, 0) is 9.59 Å². The van der Waals surface area contributed by atoms with E-state index in [2.05, 4.69) is 0 Å². The lowest BCUT2D eigenvalue weighted by atomic mass is 9.65. The molecule has 2 unspecified atom stereocenters. The maximum atomic E-state index is 12.0. The number of carbonyl (C=O) groups excluding carboxylic acids is 1. The molecule has 0 bridgehead atoms. The molecule has 0 heterocycles. The van der Waals surface area contributed by atoms with Crippen molar-refractivity contribution in [2.24, 2.45) is 5.41 Å². The number of benzene rings is 1. The van der Waals surface area contributed by atoms with E-state index in [0.717, 1.165) is 12.0 Å². The standard InChI is InChI=1S/C15H18O3/c1-2-15(14(17)18)10-12(8-9-13(15)16)11-6-4-3-5-7-11/h3-7,12H,2,8-10H2,1H3,(H,17,18). The van der Waals surface area contributed by atoms with Gasteiger partial charge in [0.15, 0.2) is 0 Å². The molecule has 0 saturated heterocycles. The highest BCUT2D eigenvalue weighted by Gasteiger charge is 2.48. The van der Waals surface area contributed by atoms with Crippen LogP contribution in [0.3, 0.4) is 0 Å². The van der Waals surface area contributed by atoms with E-state index in [1.807, 2.05) is 30.3 Å². The summed E-state index contributed by atoms with van der Waals surface area (Å²) in [5, 5.41) is 9.40. The van der Waals surface area contributed by atoms with Gasteiger partial charge in [-0.3, -0.25) is 9.59 Å². The third-order valence-corrected chi connectivity index (χ3v) is 4.13. The topological polar surface area (TPSA) is 54.4 Å². The Morgan fingerprint density at radius 3 is 2.61 bits per heavy atom. The first-order valence-electron chi connectivity index (χ1n) is 6.42. The molecular weight excluding hydrogens is 228 g/mol. The Balaban J connectivity index is 2.29. The van der Waals surface area contributed by atoms with Crippen LogP contribution in [0.25, 0.3) is 0 Å². The molecule has 3 nitrogen and oxygen atoms in total. The molecule has 1 aromatic carbocycles. The number of carboxylic acids is 1. The fourth-order valence-electron chi connectivity index (χ4n) is 2.89. The van der Waals surface area contributed by atoms with Gasteiger partial charge < -0.3 is 5.11 Å². The quantitative estimate of drug-likeness (QED) is 0.834. The summed E-state index contributed by atoms with van der Waals surface area (Å²) in [6.07, 6.45) is 1.95. The Bertz CT molecular complexity index is 452. The zero-order valence-corrected chi connectivity index (χ0v) is 10.6. The molecule has 2 rings (SSSR count). The summed E-state index contributed by atoms with van der Waals surface area (Å²) in [6.45, 7) is 1.79. The first-order chi connectivity index (χ1) is 8.60. The first-order valence-corrected chi connectivity index (χ1v) is 6.42. The zero-order valence-electron chi connectivity index (χ0n) is 10.6. The Morgan fingerprint density at radius 2 is 2.06 bits per heavy atom. The molecule has 1 aliphatic rings. The molecule has 96 valence electrons. The highest BCUT2D eigenvalue weighted by atomic mass is 16.4. The van der Waals surface area contributed by atoms with Crippen molar-refractivity contribution in [1.82, 2.24) is 0 Å². The van der Waals surface area contributed by atoms with Crippen LogP contribution in [0.2, 0.25) is 0 Å². The van der Waals surface area contributed by atoms with E-state index in [0.29, 0.717) is 19.3 Å². The van der Waals surface area contributed by atoms with Gasteiger partial charge in [-0.15, -0.1) is 0 Å². The number of ketones is 1. The molecule has 0 amide bonds. The second kappa shape index (κ2) is 4.92. The molecule has 0 aromatic heterocycles. The molecular formula is C15H18O3. The van der Waals surface area contributed by atoms with Crippen molar-refractivity contribution in [1.29, 1.82) is 0 Å². The Labute approximate surface area is 107 Å². The van der Waals surface area contributed by atoms with E-state index in [9.17, 15) is 14.7 Å². The fraction of sp³-hybridized carbons (Fsp3) is 0.467. The number of rotatable bonds is 3. The Morgan fingerprint density at radius 1 is 1.39 bits per heavy atom. The van der Waals surface area contributed by atoms with E-state index in [1.165, 1.54) is 0 Å². The van der Waals surface area contributed by atoms with Crippen molar-refractivity contribution in [2.45, 2.75) is 38.5 Å². The predicted molar refractivity (Wildman–Crippen MR) is 68.4 cm³/mol. The van der Waals surface area contributed by atoms with Crippen LogP contribution < -0.4 is 0 Å². The highest BCUT2D eigenvalue weighted by Crippen LogP contribution is 2.44. The number of aliphatic carboxylic acids is 1. The van der Waals surface area contributed by atoms with Crippen LogP contribution in [0.15, 0.2) is 30.3 Å². The molecule has 18 heavy (non-hydrogen) atoms. The summed E-state index contributed by atoms with van der Waals surface area (Å²) in [6, 6.07) is 9.90. The van der Waals surface area contributed by atoms with Gasteiger partial charge in [-0.05, 0) is 30.7 Å². The lowest BCUT2D eigenvalue weighted by Gasteiger charge is -2.35. The van der Waals surface area contributed by atoms with Gasteiger partial charge >= 0.3 is 5.97 Å². The van der Waals surface area contributed by atoms with E-state index in [-0.39, 0.29) is 11.7 Å². The monoisotopic (exact) mass is 246 g/mol. The van der Waals surface area contributed by atoms with Gasteiger partial charge in [-0.25, -0.2) is 0 Å². The van der Waals surface area contributed by atoms with Gasteiger partial charge in [0.05, 0.1) is 0 Å². The average Bonchev–Trinajstić information content (AvgIpc) is 2.40. The van der Waals surface area contributed by atoms with Crippen molar-refractivity contribution >= 4 is 11.8 Å². The van der Waals surface area contributed by atoms with Crippen molar-refractivity contribution < 1.29 is 14.7 Å². The SMILES string of the molecule is CCC1(C(=O)O)CC(c2ccccc2)CCC1=O. The third kappa shape index (κ3) is 2.05. The summed E-state index contributed by atoms with van der Waals surface area (Å²) in [5.74, 6) is -0.889. The van der Waals surface area contributed by atoms with Gasteiger partial charge in [-0.2, -0.15) is 0 Å². The van der Waals surface area contributed by atoms with Crippen LogP contribution >= 0.6 is 0 Å². The second-order valence-corrected chi connectivity index (χ2v) is 5.01. The van der Waals surface area contributed by atoms with Crippen molar-refractivity contribution in [2.75, 3.05) is 0 Å². The zero-order chi connectivity index (χ0) is 13.2. The minimum absolute atomic E-state index is 0.107. The molecule has 0 spiro atoms. The lowest BCUT2D eigenvalue weighted by molar-refractivity contribution is -0.157.